The highest BCUT2D eigenvalue weighted by molar-refractivity contribution is 7.89. The number of pyridine rings is 1. The van der Waals surface area contributed by atoms with Crippen LogP contribution in [0.3, 0.4) is 0 Å². The van der Waals surface area contributed by atoms with Crippen LogP contribution in [-0.2, 0) is 24.4 Å². The fourth-order valence-corrected chi connectivity index (χ4v) is 6.85. The summed E-state index contributed by atoms with van der Waals surface area (Å²) in [5.74, 6) is -3.06. The van der Waals surface area contributed by atoms with Gasteiger partial charge in [-0.3, -0.25) is 14.4 Å². The number of fused-ring (bicyclic) bond motifs is 1. The van der Waals surface area contributed by atoms with E-state index in [2.05, 4.69) is 15.3 Å². The minimum Gasteiger partial charge on any atom is -0.481 e. The number of anilines is 1. The lowest BCUT2D eigenvalue weighted by Gasteiger charge is -2.21. The van der Waals surface area contributed by atoms with Gasteiger partial charge in [-0.1, -0.05) is 49.2 Å². The highest BCUT2D eigenvalue weighted by Crippen LogP contribution is 2.36. The Hall–Kier alpha value is -3.62. The van der Waals surface area contributed by atoms with Crippen LogP contribution in [0.1, 0.15) is 43.6 Å². The molecule has 0 unspecified atom stereocenters. The summed E-state index contributed by atoms with van der Waals surface area (Å²) in [6.07, 6.45) is 4.75. The number of nitrogens with zero attached hydrogens (tertiary/aromatic N) is 3. The monoisotopic (exact) mass is 576 g/mol. The normalized spacial score (nSPS) is 14.9. The third kappa shape index (κ3) is 6.88. The number of methoxy groups -OCH3 is 1. The number of amides is 1. The SMILES string of the molecule is COc1ccc2nc(NC(=O)[C@H](CC3CCCC3)c3ccc(S(=O)(=O)N(CC(=O)O)CC(=O)O)cc3)sc2n1. The van der Waals surface area contributed by atoms with Gasteiger partial charge in [0.05, 0.1) is 17.9 Å². The molecule has 1 aliphatic rings. The van der Waals surface area contributed by atoms with E-state index >= 15 is 0 Å². The second kappa shape index (κ2) is 12.1. The highest BCUT2D eigenvalue weighted by Gasteiger charge is 2.31. The van der Waals surface area contributed by atoms with Gasteiger partial charge in [0.2, 0.25) is 21.8 Å². The van der Waals surface area contributed by atoms with Crippen LogP contribution in [0.15, 0.2) is 41.3 Å². The molecule has 1 amide bonds. The fourth-order valence-electron chi connectivity index (χ4n) is 4.68. The summed E-state index contributed by atoms with van der Waals surface area (Å²) in [6, 6.07) is 8.99. The molecule has 2 aromatic heterocycles. The molecule has 0 bridgehead atoms. The van der Waals surface area contributed by atoms with Crippen molar-refractivity contribution in [1.29, 1.82) is 0 Å². The zero-order chi connectivity index (χ0) is 28.2. The lowest BCUT2D eigenvalue weighted by atomic mass is 9.87. The maximum absolute atomic E-state index is 13.5. The van der Waals surface area contributed by atoms with E-state index in [-0.39, 0.29) is 10.8 Å². The number of aliphatic carboxylic acids is 2. The number of benzene rings is 1. The molecule has 0 spiro atoms. The second-order valence-corrected chi connectivity index (χ2v) is 12.2. The Balaban J connectivity index is 1.59. The van der Waals surface area contributed by atoms with E-state index in [1.807, 2.05) is 0 Å². The number of nitrogens with one attached hydrogen (secondary N) is 1. The Morgan fingerprint density at radius 1 is 1.05 bits per heavy atom. The van der Waals surface area contributed by atoms with Gasteiger partial charge in [0, 0.05) is 6.07 Å². The Bertz CT molecular complexity index is 1450. The second-order valence-electron chi connectivity index (χ2n) is 9.25. The molecule has 208 valence electrons. The number of thiazole rings is 1. The molecule has 4 rings (SSSR count). The van der Waals surface area contributed by atoms with Gasteiger partial charge in [-0.15, -0.1) is 0 Å². The molecule has 0 aliphatic heterocycles. The van der Waals surface area contributed by atoms with Crippen LogP contribution in [-0.4, -0.2) is 70.9 Å². The molecule has 2 heterocycles. The summed E-state index contributed by atoms with van der Waals surface area (Å²) < 4.78 is 31.5. The van der Waals surface area contributed by atoms with Gasteiger partial charge in [-0.25, -0.2) is 18.4 Å². The number of aromatic nitrogens is 2. The predicted molar refractivity (Wildman–Crippen MR) is 142 cm³/mol. The molecule has 3 aromatic rings. The summed E-state index contributed by atoms with van der Waals surface area (Å²) in [7, 11) is -2.89. The highest BCUT2D eigenvalue weighted by atomic mass is 32.2. The van der Waals surface area contributed by atoms with Gasteiger partial charge in [-0.2, -0.15) is 4.31 Å². The van der Waals surface area contributed by atoms with Crippen LogP contribution in [0.5, 0.6) is 5.88 Å². The van der Waals surface area contributed by atoms with Gasteiger partial charge in [-0.05, 0) is 36.1 Å². The maximum atomic E-state index is 13.5. The fraction of sp³-hybridized carbons (Fsp3) is 0.400. The van der Waals surface area contributed by atoms with Gasteiger partial charge in [0.1, 0.15) is 23.4 Å². The topological polar surface area (TPSA) is 176 Å². The van der Waals surface area contributed by atoms with Crippen molar-refractivity contribution in [3.63, 3.8) is 0 Å². The zero-order valence-electron chi connectivity index (χ0n) is 21.1. The van der Waals surface area contributed by atoms with E-state index in [9.17, 15) is 22.8 Å². The van der Waals surface area contributed by atoms with Crippen molar-refractivity contribution in [1.82, 2.24) is 14.3 Å². The van der Waals surface area contributed by atoms with E-state index < -0.39 is 41.0 Å². The van der Waals surface area contributed by atoms with E-state index in [1.54, 1.807) is 12.1 Å². The van der Waals surface area contributed by atoms with Crippen molar-refractivity contribution in [2.75, 3.05) is 25.5 Å². The van der Waals surface area contributed by atoms with E-state index in [4.69, 9.17) is 14.9 Å². The first-order valence-electron chi connectivity index (χ1n) is 12.2. The van der Waals surface area contributed by atoms with Crippen LogP contribution < -0.4 is 10.1 Å². The minimum atomic E-state index is -4.40. The molecule has 1 atom stereocenters. The van der Waals surface area contributed by atoms with Crippen molar-refractivity contribution in [3.05, 3.63) is 42.0 Å². The van der Waals surface area contributed by atoms with Crippen LogP contribution >= 0.6 is 11.3 Å². The van der Waals surface area contributed by atoms with Gasteiger partial charge in [0.25, 0.3) is 0 Å². The van der Waals surface area contributed by atoms with E-state index in [1.165, 1.54) is 42.7 Å². The van der Waals surface area contributed by atoms with E-state index in [0.29, 0.717) is 43.6 Å². The number of rotatable bonds is 12. The Morgan fingerprint density at radius 3 is 2.28 bits per heavy atom. The van der Waals surface area contributed by atoms with Crippen LogP contribution in [0.25, 0.3) is 10.3 Å². The summed E-state index contributed by atoms with van der Waals surface area (Å²) in [6.45, 7) is -1.99. The summed E-state index contributed by atoms with van der Waals surface area (Å²) in [5.41, 5.74) is 1.20. The van der Waals surface area contributed by atoms with Crippen LogP contribution in [0.4, 0.5) is 5.13 Å². The zero-order valence-corrected chi connectivity index (χ0v) is 22.7. The summed E-state index contributed by atoms with van der Waals surface area (Å²) in [4.78, 5) is 44.9. The van der Waals surface area contributed by atoms with Gasteiger partial charge < -0.3 is 20.3 Å². The van der Waals surface area contributed by atoms with Crippen LogP contribution in [0.2, 0.25) is 0 Å². The molecule has 12 nitrogen and oxygen atoms in total. The molecular weight excluding hydrogens is 548 g/mol. The quantitative estimate of drug-likeness (QED) is 0.290. The third-order valence-electron chi connectivity index (χ3n) is 6.57. The first-order chi connectivity index (χ1) is 18.6. The maximum Gasteiger partial charge on any atom is 0.318 e. The van der Waals surface area contributed by atoms with Crippen LogP contribution in [0, 0.1) is 5.92 Å². The number of sulfonamides is 1. The lowest BCUT2D eigenvalue weighted by Crippen LogP contribution is -2.39. The molecule has 1 aromatic carbocycles. The molecule has 0 saturated heterocycles. The Kier molecular flexibility index (Phi) is 8.77. The number of carbonyl (C=O) groups excluding carboxylic acids is 1. The number of hydrogen-bond donors (Lipinski definition) is 3. The van der Waals surface area contributed by atoms with Crippen molar-refractivity contribution < 1.29 is 37.8 Å². The first kappa shape index (κ1) is 28.4. The molecule has 1 aliphatic carbocycles. The summed E-state index contributed by atoms with van der Waals surface area (Å²) >= 11 is 1.21. The molecule has 14 heteroatoms. The smallest absolute Gasteiger partial charge is 0.318 e. The number of carbonyl (C=O) groups is 3. The molecule has 0 radical (unpaired) electrons. The number of carboxylic acid groups (broad SMARTS) is 2. The Morgan fingerprint density at radius 2 is 1.69 bits per heavy atom. The summed E-state index contributed by atoms with van der Waals surface area (Å²) in [5, 5.41) is 21.4. The van der Waals surface area contributed by atoms with E-state index in [0.717, 1.165) is 25.7 Å². The average Bonchev–Trinajstić information content (AvgIpc) is 3.55. The number of ether oxygens (including phenoxy) is 1. The van der Waals surface area contributed by atoms with Crippen molar-refractivity contribution >= 4 is 54.7 Å². The molecule has 3 N–H and O–H groups in total. The van der Waals surface area contributed by atoms with Gasteiger partial charge >= 0.3 is 11.9 Å². The molecule has 1 saturated carbocycles. The Labute approximate surface area is 228 Å². The molecular formula is C25H28N4O8S2. The standard InChI is InChI=1S/C25H28N4O8S2/c1-37-20-11-10-19-24(27-20)38-25(26-19)28-23(34)18(12-15-4-2-3-5-15)16-6-8-17(9-7-16)39(35,36)29(13-21(30)31)14-22(32)33/h6-11,15,18H,2-5,12-14H2,1H3,(H,30,31)(H,32,33)(H,26,28,34)/t18-/m1/s1. The van der Waals surface area contributed by atoms with Crippen molar-refractivity contribution in [3.8, 4) is 5.88 Å². The molecule has 1 fully saturated rings. The molecule has 39 heavy (non-hydrogen) atoms. The minimum absolute atomic E-state index is 0.264. The van der Waals surface area contributed by atoms with Crippen molar-refractivity contribution in [2.24, 2.45) is 5.92 Å². The van der Waals surface area contributed by atoms with Crippen molar-refractivity contribution in [2.45, 2.75) is 42.9 Å². The largest absolute Gasteiger partial charge is 0.481 e. The average molecular weight is 577 g/mol. The number of hydrogen-bond acceptors (Lipinski definition) is 9. The number of carboxylic acids is 2. The first-order valence-corrected chi connectivity index (χ1v) is 14.5. The lowest BCUT2D eigenvalue weighted by molar-refractivity contribution is -0.139. The van der Waals surface area contributed by atoms with Gasteiger partial charge in [0.15, 0.2) is 5.13 Å². The third-order valence-corrected chi connectivity index (χ3v) is 9.26. The predicted octanol–water partition coefficient (Wildman–Crippen LogP) is 3.16.